The number of ether oxygens (including phenoxy) is 1. The Morgan fingerprint density at radius 1 is 1.14 bits per heavy atom. The molecular formula is C28H27N3O3S. The Balaban J connectivity index is 1.75. The lowest BCUT2D eigenvalue weighted by molar-refractivity contribution is -0.136. The average Bonchev–Trinajstić information content (AvgIpc) is 3.33. The number of para-hydroxylation sites is 1. The van der Waals surface area contributed by atoms with E-state index in [1.54, 1.807) is 11.5 Å². The SMILES string of the molecule is COC(=O)C1=C(C)N=c2sc(=Cc3c(C)[nH]c4ccccc34)c(=O)n2C1c1ccc(C(C)C)cc1. The summed E-state index contributed by atoms with van der Waals surface area (Å²) in [4.78, 5) is 35.3. The number of rotatable bonds is 4. The molecule has 0 spiro atoms. The summed E-state index contributed by atoms with van der Waals surface area (Å²) in [5.41, 5.74) is 5.80. The van der Waals surface area contributed by atoms with Crippen molar-refractivity contribution in [1.29, 1.82) is 0 Å². The highest BCUT2D eigenvalue weighted by atomic mass is 32.1. The van der Waals surface area contributed by atoms with Gasteiger partial charge in [0.25, 0.3) is 5.56 Å². The van der Waals surface area contributed by atoms with Crippen LogP contribution in [0.4, 0.5) is 0 Å². The monoisotopic (exact) mass is 485 g/mol. The molecule has 1 aliphatic rings. The highest BCUT2D eigenvalue weighted by Gasteiger charge is 2.33. The second-order valence-electron chi connectivity index (χ2n) is 9.10. The Bertz CT molecular complexity index is 1670. The summed E-state index contributed by atoms with van der Waals surface area (Å²) < 4.78 is 7.30. The fraction of sp³-hybridized carbons (Fsp3) is 0.250. The van der Waals surface area contributed by atoms with Crippen molar-refractivity contribution in [2.24, 2.45) is 4.99 Å². The normalized spacial score (nSPS) is 16.1. The van der Waals surface area contributed by atoms with Crippen LogP contribution in [0.1, 0.15) is 55.1 Å². The number of fused-ring (bicyclic) bond motifs is 2. The van der Waals surface area contributed by atoms with Crippen molar-refractivity contribution in [3.05, 3.63) is 102 Å². The van der Waals surface area contributed by atoms with E-state index in [1.165, 1.54) is 24.0 Å². The van der Waals surface area contributed by atoms with Gasteiger partial charge in [0.2, 0.25) is 0 Å². The molecule has 1 unspecified atom stereocenters. The van der Waals surface area contributed by atoms with Crippen molar-refractivity contribution >= 4 is 34.3 Å². The number of aromatic amines is 1. The van der Waals surface area contributed by atoms with Gasteiger partial charge in [0.1, 0.15) is 0 Å². The first-order chi connectivity index (χ1) is 16.8. The number of esters is 1. The molecule has 7 heteroatoms. The average molecular weight is 486 g/mol. The number of methoxy groups -OCH3 is 1. The quantitative estimate of drug-likeness (QED) is 0.438. The van der Waals surface area contributed by atoms with Crippen LogP contribution in [0.15, 0.2) is 69.6 Å². The summed E-state index contributed by atoms with van der Waals surface area (Å²) in [6.45, 7) is 8.06. The first-order valence-corrected chi connectivity index (χ1v) is 12.4. The lowest BCUT2D eigenvalue weighted by atomic mass is 9.93. The third-order valence-corrected chi connectivity index (χ3v) is 7.55. The molecule has 1 N–H and O–H groups in total. The molecule has 2 aromatic heterocycles. The first kappa shape index (κ1) is 23.1. The van der Waals surface area contributed by atoms with Crippen LogP contribution in [0.25, 0.3) is 17.0 Å². The standard InChI is InChI=1S/C28H27N3O3S/c1-15(2)18-10-12-19(13-11-18)25-24(27(33)34-5)17(4)30-28-31(25)26(32)23(35-28)14-21-16(3)29-22-9-7-6-8-20(21)22/h6-15,25,29H,1-5H3. The Hall–Kier alpha value is -3.71. The summed E-state index contributed by atoms with van der Waals surface area (Å²) in [6, 6.07) is 15.5. The molecule has 0 fully saturated rings. The molecule has 0 amide bonds. The van der Waals surface area contributed by atoms with Crippen LogP contribution in [-0.4, -0.2) is 22.6 Å². The van der Waals surface area contributed by atoms with Crippen molar-refractivity contribution in [2.75, 3.05) is 7.11 Å². The zero-order valence-corrected chi connectivity index (χ0v) is 21.2. The minimum Gasteiger partial charge on any atom is -0.466 e. The number of benzene rings is 2. The summed E-state index contributed by atoms with van der Waals surface area (Å²) in [5.74, 6) is -0.103. The number of hydrogen-bond acceptors (Lipinski definition) is 5. The van der Waals surface area contributed by atoms with E-state index in [1.807, 2.05) is 49.4 Å². The van der Waals surface area contributed by atoms with Gasteiger partial charge in [-0.05, 0) is 43.0 Å². The first-order valence-electron chi connectivity index (χ1n) is 11.6. The second kappa shape index (κ2) is 8.82. The fourth-order valence-electron chi connectivity index (χ4n) is 4.69. The van der Waals surface area contributed by atoms with Gasteiger partial charge >= 0.3 is 5.97 Å². The van der Waals surface area contributed by atoms with Gasteiger partial charge in [-0.25, -0.2) is 9.79 Å². The van der Waals surface area contributed by atoms with E-state index in [0.29, 0.717) is 26.5 Å². The molecule has 1 aliphatic heterocycles. The van der Waals surface area contributed by atoms with Crippen LogP contribution in [0, 0.1) is 6.92 Å². The lowest BCUT2D eigenvalue weighted by Crippen LogP contribution is -2.39. The summed E-state index contributed by atoms with van der Waals surface area (Å²) in [7, 11) is 1.35. The molecule has 178 valence electrons. The Kier molecular flexibility index (Phi) is 5.81. The molecule has 0 saturated carbocycles. The zero-order valence-electron chi connectivity index (χ0n) is 20.4. The number of thiazole rings is 1. The van der Waals surface area contributed by atoms with Crippen LogP contribution in [0.2, 0.25) is 0 Å². The smallest absolute Gasteiger partial charge is 0.338 e. The number of allylic oxidation sites excluding steroid dienone is 1. The predicted octanol–water partition coefficient (Wildman–Crippen LogP) is 4.32. The topological polar surface area (TPSA) is 76.4 Å². The van der Waals surface area contributed by atoms with Crippen LogP contribution < -0.4 is 14.9 Å². The molecule has 6 nitrogen and oxygen atoms in total. The predicted molar refractivity (Wildman–Crippen MR) is 139 cm³/mol. The maximum absolute atomic E-state index is 13.8. The van der Waals surface area contributed by atoms with E-state index >= 15 is 0 Å². The maximum atomic E-state index is 13.8. The molecule has 3 heterocycles. The minimum atomic E-state index is -0.605. The molecule has 35 heavy (non-hydrogen) atoms. The van der Waals surface area contributed by atoms with Gasteiger partial charge in [-0.2, -0.15) is 0 Å². The molecule has 4 aromatic rings. The molecule has 0 saturated heterocycles. The van der Waals surface area contributed by atoms with Gasteiger partial charge in [-0.15, -0.1) is 0 Å². The zero-order chi connectivity index (χ0) is 24.9. The summed E-state index contributed by atoms with van der Waals surface area (Å²) >= 11 is 1.34. The van der Waals surface area contributed by atoms with E-state index in [9.17, 15) is 9.59 Å². The Morgan fingerprint density at radius 2 is 1.86 bits per heavy atom. The van der Waals surface area contributed by atoms with Crippen molar-refractivity contribution in [2.45, 2.75) is 39.7 Å². The maximum Gasteiger partial charge on any atom is 0.338 e. The largest absolute Gasteiger partial charge is 0.466 e. The third kappa shape index (κ3) is 3.86. The van der Waals surface area contributed by atoms with Crippen LogP contribution >= 0.6 is 11.3 Å². The van der Waals surface area contributed by atoms with E-state index in [2.05, 4.69) is 36.0 Å². The molecule has 0 aliphatic carbocycles. The van der Waals surface area contributed by atoms with Gasteiger partial charge in [-0.3, -0.25) is 9.36 Å². The van der Waals surface area contributed by atoms with Gasteiger partial charge in [-0.1, -0.05) is 67.6 Å². The third-order valence-electron chi connectivity index (χ3n) is 6.56. The number of nitrogens with zero attached hydrogens (tertiary/aromatic N) is 2. The fourth-order valence-corrected chi connectivity index (χ4v) is 5.72. The number of carbonyl (C=O) groups is 1. The van der Waals surface area contributed by atoms with Crippen LogP contribution in [0.5, 0.6) is 0 Å². The van der Waals surface area contributed by atoms with E-state index in [4.69, 9.17) is 4.74 Å². The van der Waals surface area contributed by atoms with Gasteiger partial charge in [0.05, 0.1) is 29.0 Å². The van der Waals surface area contributed by atoms with Gasteiger partial charge < -0.3 is 9.72 Å². The molecule has 0 radical (unpaired) electrons. The number of nitrogens with one attached hydrogen (secondary N) is 1. The number of carbonyl (C=O) groups excluding carboxylic acids is 1. The highest BCUT2D eigenvalue weighted by Crippen LogP contribution is 2.31. The second-order valence-corrected chi connectivity index (χ2v) is 10.1. The van der Waals surface area contributed by atoms with Crippen molar-refractivity contribution in [3.8, 4) is 0 Å². The molecule has 0 bridgehead atoms. The Morgan fingerprint density at radius 3 is 2.54 bits per heavy atom. The van der Waals surface area contributed by atoms with Crippen molar-refractivity contribution in [3.63, 3.8) is 0 Å². The van der Waals surface area contributed by atoms with Crippen molar-refractivity contribution in [1.82, 2.24) is 9.55 Å². The number of aryl methyl sites for hydroxylation is 1. The van der Waals surface area contributed by atoms with Crippen LogP contribution in [-0.2, 0) is 9.53 Å². The Labute approximate surface area is 206 Å². The van der Waals surface area contributed by atoms with Gasteiger partial charge in [0, 0.05) is 22.2 Å². The van der Waals surface area contributed by atoms with E-state index in [0.717, 1.165) is 27.7 Å². The van der Waals surface area contributed by atoms with Crippen molar-refractivity contribution < 1.29 is 9.53 Å². The number of H-pyrrole nitrogens is 1. The molecular weight excluding hydrogens is 458 g/mol. The van der Waals surface area contributed by atoms with E-state index < -0.39 is 12.0 Å². The van der Waals surface area contributed by atoms with Crippen LogP contribution in [0.3, 0.4) is 0 Å². The highest BCUT2D eigenvalue weighted by molar-refractivity contribution is 7.07. The summed E-state index contributed by atoms with van der Waals surface area (Å²) in [5, 5.41) is 1.06. The van der Waals surface area contributed by atoms with Gasteiger partial charge in [0.15, 0.2) is 4.80 Å². The molecule has 5 rings (SSSR count). The summed E-state index contributed by atoms with van der Waals surface area (Å²) in [6.07, 6.45) is 1.92. The number of hydrogen-bond donors (Lipinski definition) is 1. The lowest BCUT2D eigenvalue weighted by Gasteiger charge is -2.24. The molecule has 1 atom stereocenters. The van der Waals surface area contributed by atoms with E-state index in [-0.39, 0.29) is 5.56 Å². The minimum absolute atomic E-state index is 0.176. The molecule has 2 aromatic carbocycles. The number of aromatic nitrogens is 2.